The van der Waals surface area contributed by atoms with Gasteiger partial charge in [-0.25, -0.2) is 0 Å². The third-order valence-corrected chi connectivity index (χ3v) is 6.84. The number of esters is 1. The number of benzene rings is 2. The molecule has 8 heteroatoms. The lowest BCUT2D eigenvalue weighted by Gasteiger charge is -2.25. The minimum absolute atomic E-state index is 0.0241. The topological polar surface area (TPSA) is 97.4 Å². The minimum atomic E-state index is -0.853. The van der Waals surface area contributed by atoms with Crippen molar-refractivity contribution in [1.29, 1.82) is 0 Å². The molecule has 0 aliphatic heterocycles. The first-order valence-corrected chi connectivity index (χ1v) is 12.1. The molecule has 37 heavy (non-hydrogen) atoms. The average Bonchev–Trinajstić information content (AvgIpc) is 2.92. The van der Waals surface area contributed by atoms with Crippen LogP contribution in [-0.4, -0.2) is 53.1 Å². The van der Waals surface area contributed by atoms with Gasteiger partial charge in [0, 0.05) is 29.9 Å². The molecule has 2 aromatic rings. The van der Waals surface area contributed by atoms with E-state index in [0.717, 1.165) is 34.6 Å². The van der Waals surface area contributed by atoms with Crippen molar-refractivity contribution in [3.05, 3.63) is 59.2 Å². The van der Waals surface area contributed by atoms with E-state index in [1.165, 1.54) is 7.11 Å². The van der Waals surface area contributed by atoms with Crippen molar-refractivity contribution in [1.82, 2.24) is 0 Å². The molecule has 2 unspecified atom stereocenters. The zero-order valence-corrected chi connectivity index (χ0v) is 22.1. The lowest BCUT2D eigenvalue weighted by atomic mass is 9.80. The van der Waals surface area contributed by atoms with Gasteiger partial charge in [0.15, 0.2) is 28.8 Å². The Labute approximate surface area is 217 Å². The number of carbonyl (C=O) groups excluding carboxylic acids is 3. The summed E-state index contributed by atoms with van der Waals surface area (Å²) in [7, 11) is 7.64. The molecule has 0 N–H and O–H groups in total. The molecule has 0 saturated carbocycles. The number of allylic oxidation sites excluding steroid dienone is 1. The van der Waals surface area contributed by atoms with Crippen molar-refractivity contribution in [2.24, 2.45) is 5.92 Å². The van der Waals surface area contributed by atoms with Crippen molar-refractivity contribution in [2.45, 2.75) is 38.0 Å². The molecular formula is C29H34O8. The van der Waals surface area contributed by atoms with Crippen molar-refractivity contribution in [2.75, 3.05) is 35.5 Å². The zero-order chi connectivity index (χ0) is 27.1. The van der Waals surface area contributed by atoms with E-state index < -0.39 is 11.9 Å². The Morgan fingerprint density at radius 1 is 0.865 bits per heavy atom. The first-order valence-electron chi connectivity index (χ1n) is 12.1. The lowest BCUT2D eigenvalue weighted by Crippen LogP contribution is -2.28. The second-order valence-corrected chi connectivity index (χ2v) is 8.80. The number of Topliss-reactive ketones (excluding diaryl/α,β-unsaturated/α-hetero) is 2. The van der Waals surface area contributed by atoms with Crippen LogP contribution in [0.2, 0.25) is 0 Å². The zero-order valence-electron chi connectivity index (χ0n) is 22.1. The van der Waals surface area contributed by atoms with E-state index in [-0.39, 0.29) is 17.5 Å². The van der Waals surface area contributed by atoms with Gasteiger partial charge in [0.1, 0.15) is 11.7 Å². The Morgan fingerprint density at radius 2 is 1.49 bits per heavy atom. The SMILES string of the molecule is C=CCC1Cc2c(ccc(OC)c2OC)CC1=O.COC(=O)C1C(=O)CCc2c1ccc(OC)c2OC. The summed E-state index contributed by atoms with van der Waals surface area (Å²) in [5, 5.41) is 0. The van der Waals surface area contributed by atoms with Crippen molar-refractivity contribution < 1.29 is 38.1 Å². The van der Waals surface area contributed by atoms with Gasteiger partial charge in [-0.15, -0.1) is 6.58 Å². The van der Waals surface area contributed by atoms with Crippen LogP contribution in [0.15, 0.2) is 36.9 Å². The van der Waals surface area contributed by atoms with E-state index in [0.29, 0.717) is 42.7 Å². The molecule has 4 rings (SSSR count). The summed E-state index contributed by atoms with van der Waals surface area (Å²) in [5.74, 6) is 1.48. The number of hydrogen-bond donors (Lipinski definition) is 0. The Morgan fingerprint density at radius 3 is 2.05 bits per heavy atom. The Hall–Kier alpha value is -3.81. The maximum atomic E-state index is 12.0. The van der Waals surface area contributed by atoms with E-state index in [4.69, 9.17) is 23.7 Å². The van der Waals surface area contributed by atoms with Crippen LogP contribution in [0, 0.1) is 5.92 Å². The molecule has 2 aliphatic rings. The third kappa shape index (κ3) is 5.63. The highest BCUT2D eigenvalue weighted by Gasteiger charge is 2.36. The maximum absolute atomic E-state index is 12.0. The summed E-state index contributed by atoms with van der Waals surface area (Å²) in [6.45, 7) is 3.71. The first-order chi connectivity index (χ1) is 17.8. The molecule has 0 fully saturated rings. The van der Waals surface area contributed by atoms with Gasteiger partial charge in [0.25, 0.3) is 0 Å². The molecule has 0 amide bonds. The summed E-state index contributed by atoms with van der Waals surface area (Å²) in [5.41, 5.74) is 3.65. The van der Waals surface area contributed by atoms with Gasteiger partial charge in [-0.2, -0.15) is 0 Å². The first kappa shape index (κ1) is 27.8. The van der Waals surface area contributed by atoms with Crippen LogP contribution in [-0.2, 0) is 38.4 Å². The van der Waals surface area contributed by atoms with Crippen LogP contribution in [0.3, 0.4) is 0 Å². The highest BCUT2D eigenvalue weighted by Crippen LogP contribution is 2.41. The fourth-order valence-corrected chi connectivity index (χ4v) is 5.01. The summed E-state index contributed by atoms with van der Waals surface area (Å²) >= 11 is 0. The van der Waals surface area contributed by atoms with Crippen LogP contribution >= 0.6 is 0 Å². The standard InChI is InChI=1S/C15H18O3.C14H16O5/c1-4-5-11-8-12-10(9-13(11)16)6-7-14(17-2)15(12)18-3;1-17-11-7-5-8-9(13(11)18-2)4-6-10(15)12(8)14(16)19-3/h4,6-7,11H,1,5,8-9H2,2-3H3;5,7,12H,4,6H2,1-3H3. The molecule has 8 nitrogen and oxygen atoms in total. The van der Waals surface area contributed by atoms with Crippen LogP contribution in [0.25, 0.3) is 0 Å². The number of ketones is 2. The van der Waals surface area contributed by atoms with Gasteiger partial charge in [-0.05, 0) is 42.5 Å². The predicted octanol–water partition coefficient (Wildman–Crippen LogP) is 4.04. The van der Waals surface area contributed by atoms with E-state index in [9.17, 15) is 14.4 Å². The molecule has 2 aromatic carbocycles. The number of ether oxygens (including phenoxy) is 5. The predicted molar refractivity (Wildman–Crippen MR) is 138 cm³/mol. The molecule has 2 aliphatic carbocycles. The van der Waals surface area contributed by atoms with Crippen molar-refractivity contribution in [3.8, 4) is 23.0 Å². The minimum Gasteiger partial charge on any atom is -0.493 e. The van der Waals surface area contributed by atoms with E-state index >= 15 is 0 Å². The largest absolute Gasteiger partial charge is 0.493 e. The molecular weight excluding hydrogens is 476 g/mol. The summed E-state index contributed by atoms with van der Waals surface area (Å²) < 4.78 is 26.0. The number of methoxy groups -OCH3 is 5. The van der Waals surface area contributed by atoms with Crippen LogP contribution < -0.4 is 18.9 Å². The molecule has 0 saturated heterocycles. The van der Waals surface area contributed by atoms with Gasteiger partial charge in [0.2, 0.25) is 0 Å². The van der Waals surface area contributed by atoms with Crippen molar-refractivity contribution >= 4 is 17.5 Å². The number of rotatable bonds is 7. The molecule has 0 radical (unpaired) electrons. The highest BCUT2D eigenvalue weighted by molar-refractivity contribution is 6.06. The number of fused-ring (bicyclic) bond motifs is 2. The van der Waals surface area contributed by atoms with Crippen molar-refractivity contribution in [3.63, 3.8) is 0 Å². The highest BCUT2D eigenvalue weighted by atomic mass is 16.5. The van der Waals surface area contributed by atoms with E-state index in [1.807, 2.05) is 12.1 Å². The summed E-state index contributed by atoms with van der Waals surface area (Å²) in [4.78, 5) is 35.7. The number of carbonyl (C=O) groups is 3. The summed E-state index contributed by atoms with van der Waals surface area (Å²) in [6.07, 6.45) is 4.56. The Balaban J connectivity index is 0.000000206. The maximum Gasteiger partial charge on any atom is 0.320 e. The van der Waals surface area contributed by atoms with Gasteiger partial charge in [0.05, 0.1) is 35.5 Å². The molecule has 0 spiro atoms. The lowest BCUT2D eigenvalue weighted by molar-refractivity contribution is -0.146. The van der Waals surface area contributed by atoms with Gasteiger partial charge in [-0.1, -0.05) is 18.2 Å². The molecule has 0 bridgehead atoms. The summed E-state index contributed by atoms with van der Waals surface area (Å²) in [6, 6.07) is 7.25. The fraction of sp³-hybridized carbons (Fsp3) is 0.414. The van der Waals surface area contributed by atoms with Gasteiger partial charge >= 0.3 is 5.97 Å². The van der Waals surface area contributed by atoms with Crippen LogP contribution in [0.5, 0.6) is 23.0 Å². The molecule has 0 heterocycles. The third-order valence-electron chi connectivity index (χ3n) is 6.84. The average molecular weight is 511 g/mol. The van der Waals surface area contributed by atoms with Crippen LogP contribution in [0.4, 0.5) is 0 Å². The monoisotopic (exact) mass is 510 g/mol. The second kappa shape index (κ2) is 12.4. The quantitative estimate of drug-likeness (QED) is 0.313. The molecule has 2 atom stereocenters. The fourth-order valence-electron chi connectivity index (χ4n) is 5.01. The van der Waals surface area contributed by atoms with Crippen LogP contribution in [0.1, 0.15) is 41.0 Å². The Bertz CT molecular complexity index is 1180. The smallest absolute Gasteiger partial charge is 0.320 e. The molecule has 198 valence electrons. The Kier molecular flexibility index (Phi) is 9.33. The second-order valence-electron chi connectivity index (χ2n) is 8.80. The molecule has 0 aromatic heterocycles. The number of hydrogen-bond acceptors (Lipinski definition) is 8. The van der Waals surface area contributed by atoms with E-state index in [1.54, 1.807) is 46.6 Å². The van der Waals surface area contributed by atoms with Gasteiger partial charge < -0.3 is 23.7 Å². The van der Waals surface area contributed by atoms with Gasteiger partial charge in [-0.3, -0.25) is 14.4 Å². The normalized spacial score (nSPS) is 17.9. The van der Waals surface area contributed by atoms with E-state index in [2.05, 4.69) is 6.58 Å².